The van der Waals surface area contributed by atoms with Crippen LogP contribution in [0.5, 0.6) is 5.75 Å². The highest BCUT2D eigenvalue weighted by Gasteiger charge is 2.47. The van der Waals surface area contributed by atoms with Gasteiger partial charge in [0.2, 0.25) is 5.91 Å². The normalized spacial score (nSPS) is 29.4. The topological polar surface area (TPSA) is 129 Å². The molecule has 2 aromatic carbocycles. The Morgan fingerprint density at radius 1 is 1.12 bits per heavy atom. The van der Waals surface area contributed by atoms with Gasteiger partial charge in [0.15, 0.2) is 5.60 Å². The first-order valence-electron chi connectivity index (χ1n) is 17.3. The van der Waals surface area contributed by atoms with E-state index < -0.39 is 34.0 Å². The van der Waals surface area contributed by atoms with Crippen LogP contribution in [0.2, 0.25) is 5.02 Å². The van der Waals surface area contributed by atoms with Gasteiger partial charge in [-0.2, -0.15) is 12.7 Å². The van der Waals surface area contributed by atoms with Crippen molar-refractivity contribution in [1.29, 1.82) is 0 Å². The van der Waals surface area contributed by atoms with E-state index in [1.165, 1.54) is 30.1 Å². The number of benzene rings is 2. The summed E-state index contributed by atoms with van der Waals surface area (Å²) in [6.07, 6.45) is 6.91. The van der Waals surface area contributed by atoms with Crippen LogP contribution in [0.4, 0.5) is 5.69 Å². The molecule has 2 bridgehead atoms. The van der Waals surface area contributed by atoms with Crippen molar-refractivity contribution in [3.63, 3.8) is 0 Å². The van der Waals surface area contributed by atoms with Gasteiger partial charge in [-0.3, -0.25) is 9.59 Å². The van der Waals surface area contributed by atoms with Gasteiger partial charge < -0.3 is 24.4 Å². The summed E-state index contributed by atoms with van der Waals surface area (Å²) in [7, 11) is 1.72. The van der Waals surface area contributed by atoms with Gasteiger partial charge in [-0.15, -0.1) is 0 Å². The number of amides is 2. The Kier molecular flexibility index (Phi) is 10.3. The molecule has 2 heterocycles. The maximum absolute atomic E-state index is 13.8. The van der Waals surface area contributed by atoms with E-state index >= 15 is 0 Å². The molecular weight excluding hydrogens is 668 g/mol. The second-order valence-electron chi connectivity index (χ2n) is 14.6. The van der Waals surface area contributed by atoms with Gasteiger partial charge in [0.1, 0.15) is 5.75 Å². The van der Waals surface area contributed by atoms with E-state index in [1.807, 2.05) is 10.8 Å². The van der Waals surface area contributed by atoms with Crippen molar-refractivity contribution in [3.8, 4) is 5.75 Å². The third-order valence-corrected chi connectivity index (χ3v) is 13.0. The molecule has 4 aliphatic rings. The highest BCUT2D eigenvalue weighted by molar-refractivity contribution is 7.87. The van der Waals surface area contributed by atoms with E-state index in [2.05, 4.69) is 17.0 Å². The quantitative estimate of drug-likeness (QED) is 0.486. The summed E-state index contributed by atoms with van der Waals surface area (Å²) >= 11 is 6.44. The van der Waals surface area contributed by atoms with Crippen LogP contribution < -0.4 is 14.4 Å². The second-order valence-corrected chi connectivity index (χ2v) is 17.0. The lowest BCUT2D eigenvalue weighted by atomic mass is 9.68. The molecule has 0 radical (unpaired) electrons. The van der Waals surface area contributed by atoms with Gasteiger partial charge in [0.25, 0.3) is 5.91 Å². The lowest BCUT2D eigenvalue weighted by molar-refractivity contribution is -0.148. The Bertz CT molecular complexity index is 1690. The summed E-state index contributed by atoms with van der Waals surface area (Å²) in [5, 5.41) is 12.9. The van der Waals surface area contributed by atoms with Crippen LogP contribution in [-0.4, -0.2) is 95.1 Å². The predicted octanol–water partition coefficient (Wildman–Crippen LogP) is 4.00. The first-order chi connectivity index (χ1) is 23.3. The van der Waals surface area contributed by atoms with Crippen molar-refractivity contribution in [2.24, 2.45) is 11.8 Å². The first kappa shape index (κ1) is 35.9. The summed E-state index contributed by atoms with van der Waals surface area (Å²) in [4.78, 5) is 31.3. The molecule has 0 saturated heterocycles. The van der Waals surface area contributed by atoms with Crippen LogP contribution in [0.25, 0.3) is 0 Å². The van der Waals surface area contributed by atoms with Crippen molar-refractivity contribution < 1.29 is 32.6 Å². The third-order valence-electron chi connectivity index (χ3n) is 11.4. The summed E-state index contributed by atoms with van der Waals surface area (Å²) in [6.45, 7) is 2.22. The number of halogens is 1. The molecule has 0 aromatic heterocycles. The first-order valence-corrected chi connectivity index (χ1v) is 19.1. The second kappa shape index (κ2) is 14.0. The van der Waals surface area contributed by atoms with Crippen molar-refractivity contribution in [3.05, 3.63) is 58.1 Å². The molecule has 13 heteroatoms. The average Bonchev–Trinajstić information content (AvgIpc) is 3.20. The zero-order valence-electron chi connectivity index (χ0n) is 28.9. The van der Waals surface area contributed by atoms with E-state index in [9.17, 15) is 23.1 Å². The number of nitrogens with one attached hydrogen (secondary N) is 1. The Balaban J connectivity index is 1.47. The number of carbonyl (C=O) groups is 2. The predicted molar refractivity (Wildman–Crippen MR) is 188 cm³/mol. The number of nitrogens with zero attached hydrogens (tertiary/aromatic N) is 3. The minimum Gasteiger partial charge on any atom is -0.490 e. The Morgan fingerprint density at radius 2 is 1.92 bits per heavy atom. The molecule has 2 amide bonds. The van der Waals surface area contributed by atoms with E-state index in [1.54, 1.807) is 32.4 Å². The van der Waals surface area contributed by atoms with Gasteiger partial charge in [0, 0.05) is 58.3 Å². The molecule has 0 unspecified atom stereocenters. The fraction of sp³-hybridized carbons (Fsp3) is 0.611. The number of ether oxygens (including phenoxy) is 2. The number of rotatable bonds is 4. The van der Waals surface area contributed by atoms with Crippen LogP contribution in [0.15, 0.2) is 36.4 Å². The largest absolute Gasteiger partial charge is 0.490 e. The standard InChI is InChI=1S/C36H49ClN4O7S/c1-39(2)49(45,46)38-34(43)36(44)20-33(42)40(3)17-6-5-9-31(47-4)28-13-10-25(28)21-41-22-35(23-48-32-15-11-26(36)19-30(32)41)16-7-8-24-18-27(37)12-14-29(24)35/h11-12,14-15,18-19,25,28,31,44H,5-10,13,16-17,20-23H2,1-4H3,(H,38,43)/t25-,28+,31-,35-,36+/m0/s1. The summed E-state index contributed by atoms with van der Waals surface area (Å²) < 4.78 is 41.1. The molecule has 2 aliphatic heterocycles. The Hall–Kier alpha value is -2.90. The molecule has 2 aromatic rings. The maximum Gasteiger partial charge on any atom is 0.303 e. The summed E-state index contributed by atoms with van der Waals surface area (Å²) in [5.41, 5.74) is 0.452. The molecular formula is C36H49ClN4O7S. The number of methoxy groups -OCH3 is 1. The molecule has 2 aliphatic carbocycles. The average molecular weight is 717 g/mol. The summed E-state index contributed by atoms with van der Waals surface area (Å²) in [5.74, 6) is -0.334. The molecule has 2 N–H and O–H groups in total. The van der Waals surface area contributed by atoms with E-state index in [4.69, 9.17) is 21.1 Å². The molecule has 1 fully saturated rings. The van der Waals surface area contributed by atoms with Crippen LogP contribution in [-0.2, 0) is 42.0 Å². The minimum absolute atomic E-state index is 0.112. The fourth-order valence-corrected chi connectivity index (χ4v) is 9.03. The van der Waals surface area contributed by atoms with Crippen molar-refractivity contribution in [2.45, 2.75) is 74.9 Å². The molecule has 6 rings (SSSR count). The Labute approximate surface area is 295 Å². The van der Waals surface area contributed by atoms with Gasteiger partial charge >= 0.3 is 10.2 Å². The fourth-order valence-electron chi connectivity index (χ4n) is 8.25. The zero-order chi connectivity index (χ0) is 35.1. The number of anilines is 1. The molecule has 1 saturated carbocycles. The number of aryl methyl sites for hydroxylation is 1. The zero-order valence-corrected chi connectivity index (χ0v) is 30.5. The number of carbonyl (C=O) groups excluding carboxylic acids is 2. The van der Waals surface area contributed by atoms with Crippen LogP contribution in [0.1, 0.15) is 68.1 Å². The number of hydrogen-bond acceptors (Lipinski definition) is 8. The lowest BCUT2D eigenvalue weighted by Crippen LogP contribution is -2.52. The molecule has 11 nitrogen and oxygen atoms in total. The van der Waals surface area contributed by atoms with Crippen molar-refractivity contribution in [1.82, 2.24) is 13.9 Å². The maximum atomic E-state index is 13.8. The van der Waals surface area contributed by atoms with Crippen molar-refractivity contribution in [2.75, 3.05) is 59.4 Å². The van der Waals surface area contributed by atoms with E-state index in [-0.39, 0.29) is 17.1 Å². The number of fused-ring (bicyclic) bond motifs is 4. The van der Waals surface area contributed by atoms with Crippen molar-refractivity contribution >= 4 is 39.3 Å². The highest BCUT2D eigenvalue weighted by Crippen LogP contribution is 2.48. The van der Waals surface area contributed by atoms with E-state index in [0.29, 0.717) is 48.0 Å². The number of aliphatic hydroxyl groups is 1. The van der Waals surface area contributed by atoms with Gasteiger partial charge in [0.05, 0.1) is 24.8 Å². The van der Waals surface area contributed by atoms with Gasteiger partial charge in [-0.25, -0.2) is 4.72 Å². The monoisotopic (exact) mass is 716 g/mol. The highest BCUT2D eigenvalue weighted by atomic mass is 35.5. The molecule has 1 spiro atoms. The van der Waals surface area contributed by atoms with Crippen LogP contribution in [0.3, 0.4) is 0 Å². The molecule has 268 valence electrons. The van der Waals surface area contributed by atoms with Crippen LogP contribution in [0, 0.1) is 11.8 Å². The number of hydrogen-bond donors (Lipinski definition) is 2. The van der Waals surface area contributed by atoms with E-state index in [0.717, 1.165) is 62.2 Å². The molecule has 49 heavy (non-hydrogen) atoms. The minimum atomic E-state index is -4.27. The van der Waals surface area contributed by atoms with Gasteiger partial charge in [-0.05, 0) is 104 Å². The van der Waals surface area contributed by atoms with Gasteiger partial charge in [-0.1, -0.05) is 23.7 Å². The molecule has 5 atom stereocenters. The lowest BCUT2D eigenvalue weighted by Gasteiger charge is -2.46. The Morgan fingerprint density at radius 3 is 2.63 bits per heavy atom. The summed E-state index contributed by atoms with van der Waals surface area (Å²) in [6, 6.07) is 11.1. The van der Waals surface area contributed by atoms with Crippen LogP contribution >= 0.6 is 11.6 Å². The SMILES string of the molecule is CO[C@H]1CCCCN(C)C(=O)C[C@](O)(C(=O)NS(=O)(=O)N(C)C)c2ccc3c(c2)N(C[C@@H]2CC[C@H]21)C[C@@]1(CCCc2cc(Cl)ccc21)CO3. The smallest absolute Gasteiger partial charge is 0.303 e. The third kappa shape index (κ3) is 7.04.